The Kier molecular flexibility index (Phi) is 6.35. The van der Waals surface area contributed by atoms with Gasteiger partial charge in [0.1, 0.15) is 18.1 Å². The summed E-state index contributed by atoms with van der Waals surface area (Å²) in [4.78, 5) is 11.8. The molecule has 0 unspecified atom stereocenters. The highest BCUT2D eigenvalue weighted by Crippen LogP contribution is 2.27. The van der Waals surface area contributed by atoms with E-state index in [2.05, 4.69) is 0 Å². The zero-order valence-electron chi connectivity index (χ0n) is 15.3. The van der Waals surface area contributed by atoms with Crippen LogP contribution >= 0.6 is 11.6 Å². The third kappa shape index (κ3) is 4.93. The van der Waals surface area contributed by atoms with Crippen molar-refractivity contribution >= 4 is 29.2 Å². The summed E-state index contributed by atoms with van der Waals surface area (Å²) in [6, 6.07) is 21.6. The van der Waals surface area contributed by atoms with E-state index >= 15 is 0 Å². The highest BCUT2D eigenvalue weighted by molar-refractivity contribution is 6.30. The van der Waals surface area contributed by atoms with Gasteiger partial charge in [0.15, 0.2) is 0 Å². The Balaban J connectivity index is 1.89. The molecular weight excluding hydrogens is 376 g/mol. The summed E-state index contributed by atoms with van der Waals surface area (Å²) in [5.74, 6) is 0.239. The van der Waals surface area contributed by atoms with Crippen LogP contribution in [0.1, 0.15) is 16.7 Å². The number of benzene rings is 3. The standard InChI is InChI=1S/C23H19ClO4/c1-27-20-11-9-17(10-12-20)21(23(25)26)14-18-6-2-3-8-22(18)28-15-16-5-4-7-19(24)13-16/h2-14H,15H2,1H3,(H,25,26)/b21-14-. The second-order valence-electron chi connectivity index (χ2n) is 6.05. The average Bonchev–Trinajstić information content (AvgIpc) is 2.71. The van der Waals surface area contributed by atoms with Crippen LogP contribution in [0.5, 0.6) is 11.5 Å². The van der Waals surface area contributed by atoms with Gasteiger partial charge in [-0.3, -0.25) is 0 Å². The molecule has 0 aliphatic heterocycles. The minimum absolute atomic E-state index is 0.168. The van der Waals surface area contributed by atoms with Crippen LogP contribution in [0.25, 0.3) is 11.6 Å². The first-order valence-electron chi connectivity index (χ1n) is 8.62. The normalized spacial score (nSPS) is 11.1. The Bertz CT molecular complexity index is 993. The molecule has 3 rings (SSSR count). The molecule has 4 nitrogen and oxygen atoms in total. The Morgan fingerprint density at radius 3 is 2.46 bits per heavy atom. The van der Waals surface area contributed by atoms with E-state index in [0.29, 0.717) is 34.3 Å². The minimum Gasteiger partial charge on any atom is -0.497 e. The summed E-state index contributed by atoms with van der Waals surface area (Å²) >= 11 is 6.01. The van der Waals surface area contributed by atoms with Crippen LogP contribution in [-0.2, 0) is 11.4 Å². The summed E-state index contributed by atoms with van der Waals surface area (Å²) in [5, 5.41) is 10.3. The lowest BCUT2D eigenvalue weighted by Gasteiger charge is -2.11. The molecule has 0 atom stereocenters. The van der Waals surface area contributed by atoms with Crippen LogP contribution in [0.3, 0.4) is 0 Å². The van der Waals surface area contributed by atoms with Crippen molar-refractivity contribution in [2.75, 3.05) is 7.11 Å². The predicted octanol–water partition coefficient (Wildman–Crippen LogP) is 5.55. The van der Waals surface area contributed by atoms with E-state index < -0.39 is 5.97 Å². The van der Waals surface area contributed by atoms with Crippen LogP contribution in [0, 0.1) is 0 Å². The maximum atomic E-state index is 11.8. The number of aliphatic carboxylic acids is 1. The fourth-order valence-electron chi connectivity index (χ4n) is 2.71. The lowest BCUT2D eigenvalue weighted by atomic mass is 10.0. The molecule has 0 saturated carbocycles. The van der Waals surface area contributed by atoms with E-state index in [1.54, 1.807) is 43.5 Å². The van der Waals surface area contributed by atoms with Gasteiger partial charge in [0.2, 0.25) is 0 Å². The van der Waals surface area contributed by atoms with E-state index in [0.717, 1.165) is 5.56 Å². The average molecular weight is 395 g/mol. The molecule has 0 radical (unpaired) electrons. The van der Waals surface area contributed by atoms with Crippen molar-refractivity contribution in [3.8, 4) is 11.5 Å². The van der Waals surface area contributed by atoms with Gasteiger partial charge in [-0.2, -0.15) is 0 Å². The zero-order chi connectivity index (χ0) is 19.9. The first-order valence-corrected chi connectivity index (χ1v) is 9.00. The maximum absolute atomic E-state index is 11.8. The molecule has 3 aromatic carbocycles. The lowest BCUT2D eigenvalue weighted by Crippen LogP contribution is -2.01. The predicted molar refractivity (Wildman–Crippen MR) is 111 cm³/mol. The van der Waals surface area contributed by atoms with E-state index in [-0.39, 0.29) is 5.57 Å². The van der Waals surface area contributed by atoms with Crippen molar-refractivity contribution in [3.05, 3.63) is 94.5 Å². The van der Waals surface area contributed by atoms with Gasteiger partial charge in [-0.1, -0.05) is 54.1 Å². The highest BCUT2D eigenvalue weighted by atomic mass is 35.5. The quantitative estimate of drug-likeness (QED) is 0.421. The third-order valence-corrected chi connectivity index (χ3v) is 4.37. The number of carboxylic acid groups (broad SMARTS) is 1. The molecule has 0 aliphatic carbocycles. The van der Waals surface area contributed by atoms with Crippen molar-refractivity contribution in [1.82, 2.24) is 0 Å². The summed E-state index contributed by atoms with van der Waals surface area (Å²) in [5.41, 5.74) is 2.36. The molecule has 0 aromatic heterocycles. The molecule has 3 aromatic rings. The summed E-state index contributed by atoms with van der Waals surface area (Å²) in [7, 11) is 1.57. The van der Waals surface area contributed by atoms with Crippen molar-refractivity contribution in [3.63, 3.8) is 0 Å². The van der Waals surface area contributed by atoms with E-state index in [9.17, 15) is 9.90 Å². The number of carboxylic acids is 1. The number of methoxy groups -OCH3 is 1. The van der Waals surface area contributed by atoms with Gasteiger partial charge in [0, 0.05) is 10.6 Å². The molecule has 1 N–H and O–H groups in total. The molecule has 5 heteroatoms. The summed E-state index contributed by atoms with van der Waals surface area (Å²) in [6.07, 6.45) is 1.61. The van der Waals surface area contributed by atoms with Crippen LogP contribution in [0.2, 0.25) is 5.02 Å². The molecule has 0 aliphatic rings. The SMILES string of the molecule is COc1ccc(/C(=C/c2ccccc2OCc2cccc(Cl)c2)C(=O)O)cc1. The number of halogens is 1. The maximum Gasteiger partial charge on any atom is 0.336 e. The molecule has 142 valence electrons. The summed E-state index contributed by atoms with van der Waals surface area (Å²) < 4.78 is 11.0. The number of carbonyl (C=O) groups is 1. The molecular formula is C23H19ClO4. The Hall–Kier alpha value is -3.24. The molecule has 0 heterocycles. The zero-order valence-corrected chi connectivity index (χ0v) is 16.0. The number of rotatable bonds is 7. The molecule has 0 bridgehead atoms. The summed E-state index contributed by atoms with van der Waals surface area (Å²) in [6.45, 7) is 0.330. The van der Waals surface area contributed by atoms with Crippen LogP contribution < -0.4 is 9.47 Å². The van der Waals surface area contributed by atoms with Gasteiger partial charge in [-0.05, 0) is 47.5 Å². The Morgan fingerprint density at radius 2 is 1.79 bits per heavy atom. The Morgan fingerprint density at radius 1 is 1.04 bits per heavy atom. The molecule has 0 fully saturated rings. The highest BCUT2D eigenvalue weighted by Gasteiger charge is 2.12. The van der Waals surface area contributed by atoms with E-state index in [1.807, 2.05) is 42.5 Å². The second kappa shape index (κ2) is 9.11. The van der Waals surface area contributed by atoms with Gasteiger partial charge in [-0.25, -0.2) is 4.79 Å². The van der Waals surface area contributed by atoms with Crippen molar-refractivity contribution < 1.29 is 19.4 Å². The smallest absolute Gasteiger partial charge is 0.336 e. The topological polar surface area (TPSA) is 55.8 Å². The van der Waals surface area contributed by atoms with Gasteiger partial charge in [0.05, 0.1) is 12.7 Å². The van der Waals surface area contributed by atoms with Crippen molar-refractivity contribution in [2.45, 2.75) is 6.61 Å². The lowest BCUT2D eigenvalue weighted by molar-refractivity contribution is -0.130. The molecule has 28 heavy (non-hydrogen) atoms. The molecule has 0 saturated heterocycles. The molecule has 0 spiro atoms. The Labute approximate surface area is 168 Å². The van der Waals surface area contributed by atoms with Gasteiger partial charge in [-0.15, -0.1) is 0 Å². The largest absolute Gasteiger partial charge is 0.497 e. The second-order valence-corrected chi connectivity index (χ2v) is 6.48. The first kappa shape index (κ1) is 19.5. The van der Waals surface area contributed by atoms with E-state index in [1.165, 1.54) is 0 Å². The first-order chi connectivity index (χ1) is 13.6. The number of para-hydroxylation sites is 1. The number of hydrogen-bond donors (Lipinski definition) is 1. The number of hydrogen-bond acceptors (Lipinski definition) is 3. The van der Waals surface area contributed by atoms with Crippen molar-refractivity contribution in [1.29, 1.82) is 0 Å². The minimum atomic E-state index is -1.02. The molecule has 0 amide bonds. The number of ether oxygens (including phenoxy) is 2. The van der Waals surface area contributed by atoms with Crippen LogP contribution in [0.15, 0.2) is 72.8 Å². The fourth-order valence-corrected chi connectivity index (χ4v) is 2.93. The van der Waals surface area contributed by atoms with Crippen LogP contribution in [0.4, 0.5) is 0 Å². The van der Waals surface area contributed by atoms with Gasteiger partial charge < -0.3 is 14.6 Å². The van der Waals surface area contributed by atoms with Gasteiger partial charge in [0.25, 0.3) is 0 Å². The monoisotopic (exact) mass is 394 g/mol. The van der Waals surface area contributed by atoms with Crippen molar-refractivity contribution in [2.24, 2.45) is 0 Å². The van der Waals surface area contributed by atoms with Crippen LogP contribution in [-0.4, -0.2) is 18.2 Å². The fraction of sp³-hybridized carbons (Fsp3) is 0.0870. The third-order valence-electron chi connectivity index (χ3n) is 4.13. The van der Waals surface area contributed by atoms with E-state index in [4.69, 9.17) is 21.1 Å². The van der Waals surface area contributed by atoms with Gasteiger partial charge >= 0.3 is 5.97 Å².